The molecule has 0 spiro atoms. The smallest absolute Gasteiger partial charge is 0.107 e. The lowest BCUT2D eigenvalue weighted by Gasteiger charge is -2.16. The third-order valence-corrected chi connectivity index (χ3v) is 3.30. The Morgan fingerprint density at radius 2 is 2.11 bits per heavy atom. The zero-order valence-electron chi connectivity index (χ0n) is 12.1. The molecular formula is C13H25N3OS. The molecule has 0 saturated carbocycles. The van der Waals surface area contributed by atoms with E-state index in [-0.39, 0.29) is 6.10 Å². The Morgan fingerprint density at radius 1 is 1.39 bits per heavy atom. The molecule has 1 heterocycles. The molecule has 1 N–H and O–H groups in total. The van der Waals surface area contributed by atoms with Crippen LogP contribution in [0.1, 0.15) is 31.5 Å². The predicted octanol–water partition coefficient (Wildman–Crippen LogP) is 2.11. The molecule has 0 amide bonds. The lowest BCUT2D eigenvalue weighted by molar-refractivity contribution is 0.0349. The number of rotatable bonds is 8. The van der Waals surface area contributed by atoms with Crippen molar-refractivity contribution in [2.75, 3.05) is 20.6 Å². The van der Waals surface area contributed by atoms with Crippen LogP contribution in [0.4, 0.5) is 0 Å². The quantitative estimate of drug-likeness (QED) is 0.786. The summed E-state index contributed by atoms with van der Waals surface area (Å²) in [7, 11) is 4.11. The summed E-state index contributed by atoms with van der Waals surface area (Å²) < 4.78 is 5.76. The summed E-state index contributed by atoms with van der Waals surface area (Å²) in [5.41, 5.74) is 1.03. The Balaban J connectivity index is 2.30. The Bertz CT molecular complexity index is 339. The average Bonchev–Trinajstić information content (AvgIpc) is 2.70. The Labute approximate surface area is 114 Å². The highest BCUT2D eigenvalue weighted by atomic mass is 32.1. The van der Waals surface area contributed by atoms with Crippen molar-refractivity contribution in [2.24, 2.45) is 0 Å². The Kier molecular flexibility index (Phi) is 6.78. The van der Waals surface area contributed by atoms with Gasteiger partial charge in [-0.2, -0.15) is 0 Å². The molecular weight excluding hydrogens is 246 g/mol. The van der Waals surface area contributed by atoms with Crippen LogP contribution >= 0.6 is 11.3 Å². The highest BCUT2D eigenvalue weighted by molar-refractivity contribution is 7.09. The molecule has 1 unspecified atom stereocenters. The second-order valence-electron chi connectivity index (χ2n) is 5.15. The topological polar surface area (TPSA) is 37.4 Å². The van der Waals surface area contributed by atoms with Crippen molar-refractivity contribution < 1.29 is 4.74 Å². The number of ether oxygens (including phenoxy) is 1. The molecule has 4 nitrogen and oxygen atoms in total. The van der Waals surface area contributed by atoms with E-state index in [1.54, 1.807) is 11.3 Å². The first kappa shape index (κ1) is 15.6. The second-order valence-corrected chi connectivity index (χ2v) is 6.09. The molecule has 0 radical (unpaired) electrons. The maximum atomic E-state index is 5.76. The van der Waals surface area contributed by atoms with Gasteiger partial charge in [-0.1, -0.05) is 13.8 Å². The predicted molar refractivity (Wildman–Crippen MR) is 76.9 cm³/mol. The number of hydrogen-bond donors (Lipinski definition) is 1. The van der Waals surface area contributed by atoms with E-state index < -0.39 is 0 Å². The first-order valence-corrected chi connectivity index (χ1v) is 7.28. The van der Waals surface area contributed by atoms with Gasteiger partial charge in [-0.25, -0.2) is 4.98 Å². The number of likely N-dealkylation sites (N-methyl/N-ethyl adjacent to an activating group) is 1. The van der Waals surface area contributed by atoms with Gasteiger partial charge in [-0.05, 0) is 21.0 Å². The molecule has 5 heteroatoms. The van der Waals surface area contributed by atoms with E-state index >= 15 is 0 Å². The monoisotopic (exact) mass is 271 g/mol. The summed E-state index contributed by atoms with van der Waals surface area (Å²) >= 11 is 1.69. The molecule has 0 fully saturated rings. The van der Waals surface area contributed by atoms with Crippen molar-refractivity contribution in [2.45, 2.75) is 46.1 Å². The minimum atomic E-state index is 0.235. The van der Waals surface area contributed by atoms with Gasteiger partial charge in [0.2, 0.25) is 0 Å². The van der Waals surface area contributed by atoms with Crippen molar-refractivity contribution >= 4 is 11.3 Å². The van der Waals surface area contributed by atoms with Crippen LogP contribution in [0.2, 0.25) is 0 Å². The number of aromatic nitrogens is 1. The summed E-state index contributed by atoms with van der Waals surface area (Å²) in [6.07, 6.45) is 0.235. The van der Waals surface area contributed by atoms with Crippen LogP contribution in [0.3, 0.4) is 0 Å². The minimum Gasteiger partial charge on any atom is -0.371 e. The van der Waals surface area contributed by atoms with Crippen molar-refractivity contribution in [1.82, 2.24) is 15.2 Å². The van der Waals surface area contributed by atoms with Gasteiger partial charge in [0, 0.05) is 24.5 Å². The fourth-order valence-corrected chi connectivity index (χ4v) is 2.31. The van der Waals surface area contributed by atoms with Gasteiger partial charge < -0.3 is 15.0 Å². The van der Waals surface area contributed by atoms with Gasteiger partial charge in [-0.15, -0.1) is 11.3 Å². The van der Waals surface area contributed by atoms with Crippen molar-refractivity contribution in [3.63, 3.8) is 0 Å². The zero-order chi connectivity index (χ0) is 13.5. The standard InChI is InChI=1S/C13H25N3OS/c1-10(2)14-6-13-15-12(9-18-13)8-17-11(3)7-16(4)5/h9-11,14H,6-8H2,1-5H3. The first-order chi connectivity index (χ1) is 8.47. The molecule has 0 saturated heterocycles. The van der Waals surface area contributed by atoms with Gasteiger partial charge in [0.25, 0.3) is 0 Å². The molecule has 0 aromatic carbocycles. The maximum Gasteiger partial charge on any atom is 0.107 e. The van der Waals surface area contributed by atoms with E-state index in [1.165, 1.54) is 0 Å². The van der Waals surface area contributed by atoms with Crippen molar-refractivity contribution in [3.05, 3.63) is 16.1 Å². The average molecular weight is 271 g/mol. The molecule has 0 aliphatic heterocycles. The van der Waals surface area contributed by atoms with E-state index in [1.807, 2.05) is 0 Å². The van der Waals surface area contributed by atoms with Crippen molar-refractivity contribution in [3.8, 4) is 0 Å². The van der Waals surface area contributed by atoms with Crippen LogP contribution in [-0.4, -0.2) is 42.7 Å². The minimum absolute atomic E-state index is 0.235. The molecule has 0 bridgehead atoms. The third-order valence-electron chi connectivity index (χ3n) is 2.40. The fraction of sp³-hybridized carbons (Fsp3) is 0.769. The van der Waals surface area contributed by atoms with Gasteiger partial charge >= 0.3 is 0 Å². The van der Waals surface area contributed by atoms with Crippen LogP contribution in [0.15, 0.2) is 5.38 Å². The van der Waals surface area contributed by atoms with Crippen LogP contribution in [0.25, 0.3) is 0 Å². The number of nitrogens with one attached hydrogen (secondary N) is 1. The normalized spacial score (nSPS) is 13.5. The van der Waals surface area contributed by atoms with Crippen LogP contribution < -0.4 is 5.32 Å². The molecule has 18 heavy (non-hydrogen) atoms. The molecule has 1 rings (SSSR count). The van der Waals surface area contributed by atoms with Gasteiger partial charge in [-0.3, -0.25) is 0 Å². The highest BCUT2D eigenvalue weighted by Gasteiger charge is 2.07. The van der Waals surface area contributed by atoms with Crippen LogP contribution in [0.5, 0.6) is 0 Å². The first-order valence-electron chi connectivity index (χ1n) is 6.40. The van der Waals surface area contributed by atoms with Gasteiger partial charge in [0.05, 0.1) is 18.4 Å². The maximum absolute atomic E-state index is 5.76. The summed E-state index contributed by atoms with van der Waals surface area (Å²) in [4.78, 5) is 6.68. The highest BCUT2D eigenvalue weighted by Crippen LogP contribution is 2.11. The summed E-state index contributed by atoms with van der Waals surface area (Å²) in [5.74, 6) is 0. The molecule has 1 atom stereocenters. The van der Waals surface area contributed by atoms with E-state index in [0.29, 0.717) is 12.6 Å². The lowest BCUT2D eigenvalue weighted by Crippen LogP contribution is -2.25. The molecule has 0 aliphatic carbocycles. The lowest BCUT2D eigenvalue weighted by atomic mass is 10.4. The molecule has 1 aromatic rings. The molecule has 1 aromatic heterocycles. The van der Waals surface area contributed by atoms with Crippen LogP contribution in [0, 0.1) is 0 Å². The molecule has 104 valence electrons. The number of thiazole rings is 1. The summed E-state index contributed by atoms with van der Waals surface area (Å²) in [5, 5.41) is 6.58. The Hall–Kier alpha value is -0.490. The zero-order valence-corrected chi connectivity index (χ0v) is 12.9. The van der Waals surface area contributed by atoms with Crippen molar-refractivity contribution in [1.29, 1.82) is 0 Å². The molecule has 0 aliphatic rings. The number of hydrogen-bond acceptors (Lipinski definition) is 5. The Morgan fingerprint density at radius 3 is 2.72 bits per heavy atom. The summed E-state index contributed by atoms with van der Waals surface area (Å²) in [6.45, 7) is 8.75. The summed E-state index contributed by atoms with van der Waals surface area (Å²) in [6, 6.07) is 0.494. The van der Waals surface area contributed by atoms with Crippen LogP contribution in [-0.2, 0) is 17.9 Å². The third kappa shape index (κ3) is 6.44. The number of nitrogens with zero attached hydrogens (tertiary/aromatic N) is 2. The van der Waals surface area contributed by atoms with E-state index in [0.717, 1.165) is 23.8 Å². The fourth-order valence-electron chi connectivity index (χ4n) is 1.58. The van der Waals surface area contributed by atoms with E-state index in [2.05, 4.69) is 55.4 Å². The largest absolute Gasteiger partial charge is 0.371 e. The van der Waals surface area contributed by atoms with E-state index in [9.17, 15) is 0 Å². The van der Waals surface area contributed by atoms with Gasteiger partial charge in [0.15, 0.2) is 0 Å². The van der Waals surface area contributed by atoms with Gasteiger partial charge in [0.1, 0.15) is 5.01 Å². The van der Waals surface area contributed by atoms with E-state index in [4.69, 9.17) is 4.74 Å². The SMILES string of the molecule is CC(C)NCc1nc(COC(C)CN(C)C)cs1. The second kappa shape index (κ2) is 7.84.